The standard InChI is InChI=1S/C12H12Cl2FNO4S/c1-6-9(2-3-20-6)16-12(17)8-4-7(13)5-10(11(8)15)21(14,18)19/h4-6,9H,2-3H2,1H3,(H,16,17). The van der Waals surface area contributed by atoms with Crippen molar-refractivity contribution in [2.75, 3.05) is 6.61 Å². The first-order chi connectivity index (χ1) is 9.70. The monoisotopic (exact) mass is 355 g/mol. The first-order valence-electron chi connectivity index (χ1n) is 6.06. The fraction of sp³-hybridized carbons (Fsp3) is 0.417. The average molecular weight is 356 g/mol. The van der Waals surface area contributed by atoms with Gasteiger partial charge >= 0.3 is 0 Å². The zero-order chi connectivity index (χ0) is 15.8. The molecule has 2 rings (SSSR count). The van der Waals surface area contributed by atoms with Crippen molar-refractivity contribution in [1.29, 1.82) is 0 Å². The van der Waals surface area contributed by atoms with Gasteiger partial charge in [0.1, 0.15) is 4.90 Å². The van der Waals surface area contributed by atoms with Crippen LogP contribution in [0.25, 0.3) is 0 Å². The molecule has 1 aromatic carbocycles. The predicted octanol–water partition coefficient (Wildman–Crippen LogP) is 2.31. The molecule has 0 aliphatic carbocycles. The maximum Gasteiger partial charge on any atom is 0.264 e. The summed E-state index contributed by atoms with van der Waals surface area (Å²) in [7, 11) is 0.786. The maximum atomic E-state index is 14.2. The summed E-state index contributed by atoms with van der Waals surface area (Å²) in [5.41, 5.74) is -0.471. The van der Waals surface area contributed by atoms with Crippen LogP contribution in [0.1, 0.15) is 23.7 Å². The lowest BCUT2D eigenvalue weighted by Crippen LogP contribution is -2.39. The van der Waals surface area contributed by atoms with Gasteiger partial charge in [-0.3, -0.25) is 4.79 Å². The first kappa shape index (κ1) is 16.5. The van der Waals surface area contributed by atoms with E-state index in [1.54, 1.807) is 6.92 Å². The minimum Gasteiger partial charge on any atom is -0.376 e. The Balaban J connectivity index is 2.35. The van der Waals surface area contributed by atoms with Gasteiger partial charge in [0.05, 0.1) is 17.7 Å². The van der Waals surface area contributed by atoms with Gasteiger partial charge in [-0.15, -0.1) is 0 Å². The molecular weight excluding hydrogens is 344 g/mol. The summed E-state index contributed by atoms with van der Waals surface area (Å²) in [5.74, 6) is -1.99. The maximum absolute atomic E-state index is 14.2. The topological polar surface area (TPSA) is 72.5 Å². The number of carbonyl (C=O) groups is 1. The predicted molar refractivity (Wildman–Crippen MR) is 75.7 cm³/mol. The van der Waals surface area contributed by atoms with Gasteiger partial charge in [-0.25, -0.2) is 12.8 Å². The molecule has 5 nitrogen and oxygen atoms in total. The summed E-state index contributed by atoms with van der Waals surface area (Å²) in [6.07, 6.45) is 0.392. The highest BCUT2D eigenvalue weighted by Crippen LogP contribution is 2.26. The van der Waals surface area contributed by atoms with Crippen molar-refractivity contribution in [2.45, 2.75) is 30.4 Å². The van der Waals surface area contributed by atoms with E-state index >= 15 is 0 Å². The minimum atomic E-state index is -4.34. The number of rotatable bonds is 3. The highest BCUT2D eigenvalue weighted by Gasteiger charge is 2.29. The van der Waals surface area contributed by atoms with Crippen LogP contribution in [0.5, 0.6) is 0 Å². The van der Waals surface area contributed by atoms with E-state index in [2.05, 4.69) is 5.32 Å². The van der Waals surface area contributed by atoms with Gasteiger partial charge in [0, 0.05) is 22.3 Å². The molecule has 0 spiro atoms. The smallest absolute Gasteiger partial charge is 0.264 e. The molecule has 2 unspecified atom stereocenters. The Morgan fingerprint density at radius 2 is 2.14 bits per heavy atom. The average Bonchev–Trinajstić information content (AvgIpc) is 2.76. The molecule has 1 aliphatic rings. The molecule has 21 heavy (non-hydrogen) atoms. The Kier molecular flexibility index (Phi) is 4.77. The van der Waals surface area contributed by atoms with Crippen LogP contribution in [-0.4, -0.2) is 33.1 Å². The third-order valence-electron chi connectivity index (χ3n) is 3.20. The molecular formula is C12H12Cl2FNO4S. The molecule has 0 saturated carbocycles. The highest BCUT2D eigenvalue weighted by atomic mass is 35.7. The van der Waals surface area contributed by atoms with Crippen molar-refractivity contribution in [3.8, 4) is 0 Å². The number of nitrogens with one attached hydrogen (secondary N) is 1. The van der Waals surface area contributed by atoms with Crippen molar-refractivity contribution in [3.05, 3.63) is 28.5 Å². The fourth-order valence-corrected chi connectivity index (χ4v) is 3.29. The van der Waals surface area contributed by atoms with Crippen LogP contribution < -0.4 is 5.32 Å². The Morgan fingerprint density at radius 3 is 2.67 bits per heavy atom. The second-order valence-corrected chi connectivity index (χ2v) is 7.62. The van der Waals surface area contributed by atoms with E-state index in [1.165, 1.54) is 0 Å². The number of hydrogen-bond acceptors (Lipinski definition) is 4. The molecule has 0 bridgehead atoms. The molecule has 1 aromatic rings. The minimum absolute atomic E-state index is 0.100. The van der Waals surface area contributed by atoms with Gasteiger partial charge in [-0.2, -0.15) is 0 Å². The number of carbonyl (C=O) groups excluding carboxylic acids is 1. The lowest BCUT2D eigenvalue weighted by molar-refractivity contribution is 0.0862. The van der Waals surface area contributed by atoms with Crippen molar-refractivity contribution >= 4 is 37.2 Å². The molecule has 0 aromatic heterocycles. The Labute approximate surface area is 130 Å². The molecule has 9 heteroatoms. The van der Waals surface area contributed by atoms with Crippen molar-refractivity contribution in [2.24, 2.45) is 0 Å². The third-order valence-corrected chi connectivity index (χ3v) is 4.74. The van der Waals surface area contributed by atoms with Gasteiger partial charge in [-0.05, 0) is 25.5 Å². The Morgan fingerprint density at radius 1 is 1.48 bits per heavy atom. The second-order valence-electron chi connectivity index (χ2n) is 4.65. The molecule has 116 valence electrons. The number of amides is 1. The lowest BCUT2D eigenvalue weighted by Gasteiger charge is -2.16. The second kappa shape index (κ2) is 6.08. The summed E-state index contributed by atoms with van der Waals surface area (Å²) in [6, 6.07) is 1.64. The molecule has 1 aliphatic heterocycles. The number of ether oxygens (including phenoxy) is 1. The molecule has 1 N–H and O–H groups in total. The summed E-state index contributed by atoms with van der Waals surface area (Å²) >= 11 is 5.72. The Bertz CT molecular complexity index is 680. The van der Waals surface area contributed by atoms with E-state index in [4.69, 9.17) is 27.0 Å². The molecule has 2 atom stereocenters. The largest absolute Gasteiger partial charge is 0.376 e. The third kappa shape index (κ3) is 3.66. The van der Waals surface area contributed by atoms with Crippen LogP contribution in [0, 0.1) is 5.82 Å². The Hall–Kier alpha value is -0.890. The number of halogens is 3. The fourth-order valence-electron chi connectivity index (χ4n) is 2.07. The van der Waals surface area contributed by atoms with Crippen LogP contribution in [0.4, 0.5) is 4.39 Å². The quantitative estimate of drug-likeness (QED) is 0.844. The van der Waals surface area contributed by atoms with Crippen molar-refractivity contribution < 1.29 is 22.3 Å². The van der Waals surface area contributed by atoms with Gasteiger partial charge in [-0.1, -0.05) is 11.6 Å². The van der Waals surface area contributed by atoms with E-state index in [9.17, 15) is 17.6 Å². The molecule has 1 saturated heterocycles. The van der Waals surface area contributed by atoms with Gasteiger partial charge in [0.2, 0.25) is 0 Å². The highest BCUT2D eigenvalue weighted by molar-refractivity contribution is 8.13. The summed E-state index contributed by atoms with van der Waals surface area (Å²) in [5, 5.41) is 2.49. The van der Waals surface area contributed by atoms with Crippen LogP contribution in [0.15, 0.2) is 17.0 Å². The van der Waals surface area contributed by atoms with E-state index in [1.807, 2.05) is 0 Å². The van der Waals surface area contributed by atoms with Crippen LogP contribution in [0.2, 0.25) is 5.02 Å². The van der Waals surface area contributed by atoms with Crippen LogP contribution in [-0.2, 0) is 13.8 Å². The van der Waals surface area contributed by atoms with E-state index in [-0.39, 0.29) is 17.2 Å². The van der Waals surface area contributed by atoms with E-state index in [0.717, 1.165) is 12.1 Å². The van der Waals surface area contributed by atoms with Crippen molar-refractivity contribution in [3.63, 3.8) is 0 Å². The van der Waals surface area contributed by atoms with Crippen LogP contribution >= 0.6 is 22.3 Å². The SMILES string of the molecule is CC1OCCC1NC(=O)c1cc(Cl)cc(S(=O)(=O)Cl)c1F. The van der Waals surface area contributed by atoms with Crippen LogP contribution in [0.3, 0.4) is 0 Å². The van der Waals surface area contributed by atoms with Gasteiger partial charge < -0.3 is 10.1 Å². The summed E-state index contributed by atoms with van der Waals surface area (Å²) in [6.45, 7) is 2.27. The summed E-state index contributed by atoms with van der Waals surface area (Å²) in [4.78, 5) is 11.3. The zero-order valence-electron chi connectivity index (χ0n) is 10.9. The van der Waals surface area contributed by atoms with Crippen molar-refractivity contribution in [1.82, 2.24) is 5.32 Å². The molecule has 1 amide bonds. The summed E-state index contributed by atoms with van der Waals surface area (Å²) < 4.78 is 42.0. The number of benzene rings is 1. The first-order valence-corrected chi connectivity index (χ1v) is 8.75. The molecule has 1 fully saturated rings. The normalized spacial score (nSPS) is 22.3. The number of hydrogen-bond donors (Lipinski definition) is 1. The zero-order valence-corrected chi connectivity index (χ0v) is 13.2. The van der Waals surface area contributed by atoms with E-state index < -0.39 is 31.2 Å². The van der Waals surface area contributed by atoms with Gasteiger partial charge in [0.15, 0.2) is 5.82 Å². The molecule has 1 heterocycles. The van der Waals surface area contributed by atoms with E-state index in [0.29, 0.717) is 13.0 Å². The lowest BCUT2D eigenvalue weighted by atomic mass is 10.1. The molecule has 0 radical (unpaired) electrons. The van der Waals surface area contributed by atoms with Gasteiger partial charge in [0.25, 0.3) is 15.0 Å².